The largest absolute Gasteiger partial charge is 0.495 e. The number of aromatic nitrogens is 3. The second kappa shape index (κ2) is 9.60. The van der Waals surface area contributed by atoms with E-state index in [0.717, 1.165) is 5.39 Å². The van der Waals surface area contributed by atoms with Gasteiger partial charge in [0.2, 0.25) is 0 Å². The Kier molecular flexibility index (Phi) is 6.64. The molecule has 0 saturated carbocycles. The lowest BCUT2D eigenvalue weighted by Gasteiger charge is -2.14. The van der Waals surface area contributed by atoms with Crippen molar-refractivity contribution < 1.29 is 18.9 Å². The number of ether oxygens (including phenoxy) is 4. The SMILES string of the molecule is COCCOc1cc2nc3ncnc(Nc4cc(OC)c(Cl)cc4Cl)c3cc2cc1OC. The lowest BCUT2D eigenvalue weighted by molar-refractivity contribution is 0.144. The normalized spacial score (nSPS) is 11.0. The average Bonchev–Trinajstić information content (AvgIpc) is 2.79. The summed E-state index contributed by atoms with van der Waals surface area (Å²) in [7, 11) is 4.74. The fourth-order valence-electron chi connectivity index (χ4n) is 3.17. The number of rotatable bonds is 8. The van der Waals surface area contributed by atoms with Gasteiger partial charge in [0.05, 0.1) is 47.5 Å². The van der Waals surface area contributed by atoms with Gasteiger partial charge in [0.1, 0.15) is 24.5 Å². The summed E-state index contributed by atoms with van der Waals surface area (Å²) >= 11 is 12.5. The molecule has 2 heterocycles. The summed E-state index contributed by atoms with van der Waals surface area (Å²) in [5.41, 5.74) is 1.81. The molecule has 2 aromatic carbocycles. The number of methoxy groups -OCH3 is 3. The number of hydrogen-bond donors (Lipinski definition) is 1. The molecule has 8 nitrogen and oxygen atoms in total. The first-order valence-corrected chi connectivity index (χ1v) is 10.3. The molecule has 0 bridgehead atoms. The third-order valence-corrected chi connectivity index (χ3v) is 5.35. The Balaban J connectivity index is 1.78. The summed E-state index contributed by atoms with van der Waals surface area (Å²) in [6.07, 6.45) is 1.43. The molecule has 0 atom stereocenters. The zero-order valence-corrected chi connectivity index (χ0v) is 19.1. The summed E-state index contributed by atoms with van der Waals surface area (Å²) < 4.78 is 21.6. The van der Waals surface area contributed by atoms with Crippen molar-refractivity contribution in [3.8, 4) is 17.2 Å². The van der Waals surface area contributed by atoms with Crippen molar-refractivity contribution >= 4 is 56.6 Å². The first kappa shape index (κ1) is 22.1. The molecule has 0 saturated heterocycles. The van der Waals surface area contributed by atoms with Crippen LogP contribution in [0.1, 0.15) is 0 Å². The molecule has 0 aliphatic heterocycles. The van der Waals surface area contributed by atoms with Crippen LogP contribution < -0.4 is 19.5 Å². The van der Waals surface area contributed by atoms with Crippen molar-refractivity contribution in [2.45, 2.75) is 0 Å². The van der Waals surface area contributed by atoms with E-state index in [4.69, 9.17) is 42.1 Å². The summed E-state index contributed by atoms with van der Waals surface area (Å²) in [6.45, 7) is 0.861. The number of fused-ring (bicyclic) bond motifs is 2. The van der Waals surface area contributed by atoms with Crippen LogP contribution in [0.3, 0.4) is 0 Å². The molecule has 0 aliphatic rings. The fraction of sp³-hybridized carbons (Fsp3) is 0.227. The van der Waals surface area contributed by atoms with E-state index < -0.39 is 0 Å². The molecule has 4 rings (SSSR count). The third-order valence-electron chi connectivity index (χ3n) is 4.74. The van der Waals surface area contributed by atoms with Crippen LogP contribution in [0.4, 0.5) is 11.5 Å². The Hall–Kier alpha value is -3.07. The van der Waals surface area contributed by atoms with E-state index in [1.54, 1.807) is 26.4 Å². The van der Waals surface area contributed by atoms with Crippen LogP contribution >= 0.6 is 23.2 Å². The van der Waals surface area contributed by atoms with Gasteiger partial charge in [-0.25, -0.2) is 15.0 Å². The van der Waals surface area contributed by atoms with Gasteiger partial charge in [-0.15, -0.1) is 0 Å². The van der Waals surface area contributed by atoms with Crippen LogP contribution in [0.25, 0.3) is 21.9 Å². The van der Waals surface area contributed by atoms with Gasteiger partial charge in [-0.3, -0.25) is 0 Å². The van der Waals surface area contributed by atoms with Gasteiger partial charge in [0.25, 0.3) is 0 Å². The Morgan fingerprint density at radius 1 is 0.844 bits per heavy atom. The summed E-state index contributed by atoms with van der Waals surface area (Å²) in [4.78, 5) is 13.4. The van der Waals surface area contributed by atoms with Crippen molar-refractivity contribution in [3.05, 3.63) is 46.7 Å². The molecule has 1 N–H and O–H groups in total. The monoisotopic (exact) mass is 474 g/mol. The van der Waals surface area contributed by atoms with Crippen LogP contribution in [0.15, 0.2) is 36.7 Å². The van der Waals surface area contributed by atoms with Gasteiger partial charge in [-0.2, -0.15) is 0 Å². The van der Waals surface area contributed by atoms with Crippen LogP contribution in [0.5, 0.6) is 17.2 Å². The zero-order valence-electron chi connectivity index (χ0n) is 17.6. The first-order valence-electron chi connectivity index (χ1n) is 9.59. The van der Waals surface area contributed by atoms with Crippen LogP contribution in [0, 0.1) is 0 Å². The molecular weight excluding hydrogens is 455 g/mol. The highest BCUT2D eigenvalue weighted by atomic mass is 35.5. The van der Waals surface area contributed by atoms with Gasteiger partial charge in [-0.05, 0) is 18.2 Å². The van der Waals surface area contributed by atoms with Crippen molar-refractivity contribution in [1.82, 2.24) is 15.0 Å². The van der Waals surface area contributed by atoms with Gasteiger partial charge in [0.15, 0.2) is 17.1 Å². The molecule has 0 aliphatic carbocycles. The van der Waals surface area contributed by atoms with Crippen molar-refractivity contribution in [2.75, 3.05) is 39.9 Å². The van der Waals surface area contributed by atoms with Crippen LogP contribution in [-0.2, 0) is 4.74 Å². The lowest BCUT2D eigenvalue weighted by atomic mass is 10.1. The zero-order chi connectivity index (χ0) is 22.7. The van der Waals surface area contributed by atoms with Crippen LogP contribution in [-0.4, -0.2) is 49.5 Å². The molecule has 166 valence electrons. The predicted octanol–water partition coefficient (Wildman–Crippen LogP) is 5.27. The molecule has 0 unspecified atom stereocenters. The molecule has 32 heavy (non-hydrogen) atoms. The van der Waals surface area contributed by atoms with Crippen molar-refractivity contribution in [3.63, 3.8) is 0 Å². The van der Waals surface area contributed by atoms with Crippen molar-refractivity contribution in [2.24, 2.45) is 0 Å². The van der Waals surface area contributed by atoms with E-state index in [0.29, 0.717) is 68.6 Å². The van der Waals surface area contributed by atoms with E-state index in [1.807, 2.05) is 18.2 Å². The average molecular weight is 475 g/mol. The maximum atomic E-state index is 6.36. The third kappa shape index (κ3) is 4.43. The Morgan fingerprint density at radius 3 is 2.41 bits per heavy atom. The Morgan fingerprint density at radius 2 is 1.66 bits per heavy atom. The smallest absolute Gasteiger partial charge is 0.165 e. The number of nitrogens with zero attached hydrogens (tertiary/aromatic N) is 3. The predicted molar refractivity (Wildman–Crippen MR) is 125 cm³/mol. The van der Waals surface area contributed by atoms with Gasteiger partial charge in [-0.1, -0.05) is 23.2 Å². The highest BCUT2D eigenvalue weighted by Gasteiger charge is 2.14. The minimum absolute atomic E-state index is 0.396. The molecule has 0 radical (unpaired) electrons. The summed E-state index contributed by atoms with van der Waals surface area (Å²) in [5.74, 6) is 2.20. The van der Waals surface area contributed by atoms with E-state index in [1.165, 1.54) is 13.4 Å². The van der Waals surface area contributed by atoms with E-state index >= 15 is 0 Å². The Bertz CT molecular complexity index is 1290. The number of anilines is 2. The summed E-state index contributed by atoms with van der Waals surface area (Å²) in [5, 5.41) is 5.61. The second-order valence-electron chi connectivity index (χ2n) is 6.71. The van der Waals surface area contributed by atoms with E-state index in [-0.39, 0.29) is 0 Å². The van der Waals surface area contributed by atoms with E-state index in [9.17, 15) is 0 Å². The molecule has 0 fully saturated rings. The number of hydrogen-bond acceptors (Lipinski definition) is 8. The number of nitrogens with one attached hydrogen (secondary N) is 1. The Labute approximate surface area is 194 Å². The molecule has 2 aromatic heterocycles. The fourth-order valence-corrected chi connectivity index (χ4v) is 3.68. The second-order valence-corrected chi connectivity index (χ2v) is 7.52. The van der Waals surface area contributed by atoms with Gasteiger partial charge in [0, 0.05) is 24.6 Å². The quantitative estimate of drug-likeness (QED) is 0.273. The molecule has 0 amide bonds. The molecule has 0 spiro atoms. The molecular formula is C22H20Cl2N4O4. The standard InChI is InChI=1S/C22H20Cl2N4O4/c1-29-4-5-32-20-9-16-12(7-19(20)31-3)6-13-21(27-16)25-11-26-22(13)28-17-10-18(30-2)15(24)8-14(17)23/h6-11H,4-5H2,1-3H3,(H,25,26,27,28). The highest BCUT2D eigenvalue weighted by molar-refractivity contribution is 6.37. The number of benzene rings is 2. The maximum absolute atomic E-state index is 6.36. The highest BCUT2D eigenvalue weighted by Crippen LogP contribution is 2.37. The minimum Gasteiger partial charge on any atom is -0.495 e. The van der Waals surface area contributed by atoms with Gasteiger partial charge < -0.3 is 24.3 Å². The lowest BCUT2D eigenvalue weighted by Crippen LogP contribution is -2.05. The van der Waals surface area contributed by atoms with Crippen molar-refractivity contribution in [1.29, 1.82) is 0 Å². The first-order chi connectivity index (χ1) is 15.5. The maximum Gasteiger partial charge on any atom is 0.165 e. The molecule has 10 heteroatoms. The molecule has 4 aromatic rings. The van der Waals surface area contributed by atoms with E-state index in [2.05, 4.69) is 20.3 Å². The van der Waals surface area contributed by atoms with Gasteiger partial charge >= 0.3 is 0 Å². The number of halogens is 2. The summed E-state index contributed by atoms with van der Waals surface area (Å²) in [6, 6.07) is 8.93. The van der Waals surface area contributed by atoms with Crippen LogP contribution in [0.2, 0.25) is 10.0 Å². The minimum atomic E-state index is 0.396. The topological polar surface area (TPSA) is 87.6 Å². The number of pyridine rings is 1.